The Morgan fingerprint density at radius 3 is 2.80 bits per heavy atom. The molecule has 1 N–H and O–H groups in total. The van der Waals surface area contributed by atoms with E-state index in [4.69, 9.17) is 5.26 Å². The van der Waals surface area contributed by atoms with Gasteiger partial charge in [-0.1, -0.05) is 6.92 Å². The minimum Gasteiger partial charge on any atom is -0.314 e. The number of sulfonamides is 1. The quantitative estimate of drug-likeness (QED) is 0.737. The number of rotatable bonds is 3. The van der Waals surface area contributed by atoms with E-state index in [1.807, 2.05) is 13.0 Å². The Morgan fingerprint density at radius 1 is 1.67 bits per heavy atom. The fourth-order valence-corrected chi connectivity index (χ4v) is 3.54. The lowest BCUT2D eigenvalue weighted by Gasteiger charge is -2.33. The Balaban J connectivity index is 2.89. The van der Waals surface area contributed by atoms with Gasteiger partial charge in [0.05, 0.1) is 6.07 Å². The van der Waals surface area contributed by atoms with E-state index in [1.165, 1.54) is 4.31 Å². The first-order valence-corrected chi connectivity index (χ1v) is 6.65. The molecule has 1 aliphatic heterocycles. The monoisotopic (exact) mass is 231 g/mol. The molecule has 0 aromatic carbocycles. The Kier molecular flexibility index (Phi) is 4.08. The largest absolute Gasteiger partial charge is 0.314 e. The van der Waals surface area contributed by atoms with Gasteiger partial charge in [0.25, 0.3) is 0 Å². The molecule has 0 bridgehead atoms. The van der Waals surface area contributed by atoms with Crippen molar-refractivity contribution < 1.29 is 8.42 Å². The molecule has 5 nitrogen and oxygen atoms in total. The van der Waals surface area contributed by atoms with Crippen LogP contribution in [0.5, 0.6) is 0 Å². The topological polar surface area (TPSA) is 73.2 Å². The summed E-state index contributed by atoms with van der Waals surface area (Å²) < 4.78 is 25.5. The fraction of sp³-hybridized carbons (Fsp3) is 0.889. The smallest absolute Gasteiger partial charge is 0.230 e. The molecule has 0 aliphatic carbocycles. The van der Waals surface area contributed by atoms with Crippen LogP contribution in [0.2, 0.25) is 0 Å². The number of nitrogens with zero attached hydrogens (tertiary/aromatic N) is 2. The van der Waals surface area contributed by atoms with Crippen LogP contribution in [0.15, 0.2) is 0 Å². The van der Waals surface area contributed by atoms with Gasteiger partial charge in [-0.2, -0.15) is 9.57 Å². The molecule has 6 heteroatoms. The third-order valence-electron chi connectivity index (χ3n) is 2.64. The van der Waals surface area contributed by atoms with Gasteiger partial charge in [0, 0.05) is 25.7 Å². The van der Waals surface area contributed by atoms with E-state index >= 15 is 0 Å². The summed E-state index contributed by atoms with van der Waals surface area (Å²) in [6.45, 7) is 5.35. The lowest BCUT2D eigenvalue weighted by Crippen LogP contribution is -2.54. The minimum atomic E-state index is -3.44. The Hall–Kier alpha value is -0.640. The zero-order chi connectivity index (χ0) is 11.5. The molecule has 15 heavy (non-hydrogen) atoms. The zero-order valence-corrected chi connectivity index (χ0v) is 9.92. The first-order chi connectivity index (χ1) is 7.04. The molecule has 0 spiro atoms. The van der Waals surface area contributed by atoms with E-state index in [9.17, 15) is 8.42 Å². The van der Waals surface area contributed by atoms with Gasteiger partial charge in [0.2, 0.25) is 10.0 Å². The molecule has 0 aromatic rings. The maximum Gasteiger partial charge on any atom is 0.230 e. The van der Waals surface area contributed by atoms with Crippen molar-refractivity contribution >= 4 is 10.0 Å². The van der Waals surface area contributed by atoms with Gasteiger partial charge in [0.1, 0.15) is 0 Å². The van der Waals surface area contributed by atoms with E-state index in [2.05, 4.69) is 5.32 Å². The number of hydrogen-bond donors (Lipinski definition) is 1. The lowest BCUT2D eigenvalue weighted by atomic mass is 10.3. The first kappa shape index (κ1) is 12.4. The maximum absolute atomic E-state index is 12.0. The van der Waals surface area contributed by atoms with Gasteiger partial charge in [-0.3, -0.25) is 0 Å². The number of nitrogens with one attached hydrogen (secondary N) is 1. The van der Waals surface area contributed by atoms with Crippen LogP contribution in [0.4, 0.5) is 0 Å². The van der Waals surface area contributed by atoms with Crippen molar-refractivity contribution in [3.05, 3.63) is 0 Å². The average molecular weight is 231 g/mol. The highest BCUT2D eigenvalue weighted by molar-refractivity contribution is 7.90. The summed E-state index contributed by atoms with van der Waals surface area (Å²) >= 11 is 0. The van der Waals surface area contributed by atoms with Crippen LogP contribution in [0.3, 0.4) is 0 Å². The average Bonchev–Trinajstić information content (AvgIpc) is 2.19. The van der Waals surface area contributed by atoms with Gasteiger partial charge >= 0.3 is 0 Å². The first-order valence-electron chi connectivity index (χ1n) is 5.15. The molecular formula is C9H17N3O2S. The molecule has 0 saturated carbocycles. The normalized spacial score (nSPS) is 25.8. The molecule has 86 valence electrons. The summed E-state index contributed by atoms with van der Waals surface area (Å²) in [4.78, 5) is 0. The third-order valence-corrected chi connectivity index (χ3v) is 5.00. The van der Waals surface area contributed by atoms with E-state index < -0.39 is 15.3 Å². The highest BCUT2D eigenvalue weighted by Gasteiger charge is 2.35. The lowest BCUT2D eigenvalue weighted by molar-refractivity contribution is 0.282. The molecule has 1 rings (SSSR count). The number of nitriles is 1. The number of piperazine rings is 1. The Bertz CT molecular complexity index is 347. The molecule has 1 fully saturated rings. The molecule has 0 radical (unpaired) electrons. The summed E-state index contributed by atoms with van der Waals surface area (Å²) in [5.74, 6) is 0. The van der Waals surface area contributed by atoms with Crippen LogP contribution in [-0.4, -0.2) is 43.6 Å². The Labute approximate surface area is 91.1 Å². The molecule has 0 amide bonds. The Morgan fingerprint density at radius 2 is 2.33 bits per heavy atom. The van der Waals surface area contributed by atoms with Crippen molar-refractivity contribution in [1.82, 2.24) is 9.62 Å². The van der Waals surface area contributed by atoms with E-state index in [0.717, 1.165) is 0 Å². The van der Waals surface area contributed by atoms with Gasteiger partial charge in [-0.05, 0) is 13.3 Å². The maximum atomic E-state index is 12.0. The second-order valence-electron chi connectivity index (χ2n) is 3.73. The number of hydrogen-bond acceptors (Lipinski definition) is 4. The molecule has 2 atom stereocenters. The van der Waals surface area contributed by atoms with Crippen LogP contribution in [0.1, 0.15) is 20.3 Å². The SMILES string of the molecule is CCC(C#N)S(=O)(=O)N1CCNC[C@@H]1C. The fourth-order valence-electron chi connectivity index (χ4n) is 1.73. The summed E-state index contributed by atoms with van der Waals surface area (Å²) in [7, 11) is -3.44. The van der Waals surface area contributed by atoms with Crippen molar-refractivity contribution in [2.45, 2.75) is 31.6 Å². The van der Waals surface area contributed by atoms with Crippen LogP contribution >= 0.6 is 0 Å². The van der Waals surface area contributed by atoms with Gasteiger partial charge in [-0.25, -0.2) is 8.42 Å². The van der Waals surface area contributed by atoms with Gasteiger partial charge in [0.15, 0.2) is 5.25 Å². The highest BCUT2D eigenvalue weighted by Crippen LogP contribution is 2.16. The van der Waals surface area contributed by atoms with Crippen molar-refractivity contribution in [2.75, 3.05) is 19.6 Å². The molecular weight excluding hydrogens is 214 g/mol. The standard InChI is InChI=1S/C9H17N3O2S/c1-3-9(6-10)15(13,14)12-5-4-11-7-8(12)2/h8-9,11H,3-5,7H2,1-2H3/t8-,9?/m0/s1. The van der Waals surface area contributed by atoms with Gasteiger partial charge < -0.3 is 5.32 Å². The highest BCUT2D eigenvalue weighted by atomic mass is 32.2. The van der Waals surface area contributed by atoms with Crippen LogP contribution in [-0.2, 0) is 10.0 Å². The molecule has 1 aliphatic rings. The van der Waals surface area contributed by atoms with Gasteiger partial charge in [-0.15, -0.1) is 0 Å². The van der Waals surface area contributed by atoms with Crippen LogP contribution in [0, 0.1) is 11.3 Å². The molecule has 1 saturated heterocycles. The van der Waals surface area contributed by atoms with E-state index in [0.29, 0.717) is 26.1 Å². The summed E-state index contributed by atoms with van der Waals surface area (Å²) in [5.41, 5.74) is 0. The summed E-state index contributed by atoms with van der Waals surface area (Å²) in [5, 5.41) is 11.0. The van der Waals surface area contributed by atoms with Crippen molar-refractivity contribution in [2.24, 2.45) is 0 Å². The van der Waals surface area contributed by atoms with Crippen LogP contribution in [0.25, 0.3) is 0 Å². The summed E-state index contributed by atoms with van der Waals surface area (Å²) in [6.07, 6.45) is 0.343. The predicted octanol–water partition coefficient (Wildman–Crippen LogP) is -0.0879. The zero-order valence-electron chi connectivity index (χ0n) is 9.10. The molecule has 1 heterocycles. The van der Waals surface area contributed by atoms with Crippen LogP contribution < -0.4 is 5.32 Å². The van der Waals surface area contributed by atoms with Crippen molar-refractivity contribution in [3.63, 3.8) is 0 Å². The van der Waals surface area contributed by atoms with E-state index in [1.54, 1.807) is 6.92 Å². The second kappa shape index (κ2) is 4.92. The summed E-state index contributed by atoms with van der Waals surface area (Å²) in [6, 6.07) is 1.80. The third kappa shape index (κ3) is 2.48. The minimum absolute atomic E-state index is 0.0638. The van der Waals surface area contributed by atoms with Crippen molar-refractivity contribution in [3.8, 4) is 6.07 Å². The predicted molar refractivity (Wildman–Crippen MR) is 57.6 cm³/mol. The molecule has 0 aromatic heterocycles. The van der Waals surface area contributed by atoms with Crippen molar-refractivity contribution in [1.29, 1.82) is 5.26 Å². The second-order valence-corrected chi connectivity index (χ2v) is 5.80. The van der Waals surface area contributed by atoms with E-state index in [-0.39, 0.29) is 6.04 Å². The molecule has 1 unspecified atom stereocenters.